The molecule has 3 aliphatic rings. The Kier molecular flexibility index (Phi) is 4.99. The lowest BCUT2D eigenvalue weighted by Crippen LogP contribution is -2.61. The highest BCUT2D eigenvalue weighted by atomic mass is 32.2. The fourth-order valence-electron chi connectivity index (χ4n) is 3.34. The van der Waals surface area contributed by atoms with Crippen LogP contribution in [0.4, 0.5) is 0 Å². The minimum absolute atomic E-state index is 0.0618. The van der Waals surface area contributed by atoms with Gasteiger partial charge in [0.15, 0.2) is 11.3 Å². The molecule has 0 aliphatic carbocycles. The summed E-state index contributed by atoms with van der Waals surface area (Å²) in [7, 11) is 0. The molecule has 9 nitrogen and oxygen atoms in total. The number of nitrogens with zero attached hydrogens (tertiary/aromatic N) is 2. The Labute approximate surface area is 159 Å². The number of hydrogen-bond donors (Lipinski definition) is 4. The number of carboxylic acids is 1. The number of aliphatic carboxylic acids is 1. The second-order valence-corrected chi connectivity index (χ2v) is 7.71. The average Bonchev–Trinajstić information content (AvgIpc) is 3.24. The molecular weight excluding hydrogens is 376 g/mol. The first-order valence-electron chi connectivity index (χ1n) is 8.58. The first kappa shape index (κ1) is 18.5. The van der Waals surface area contributed by atoms with Gasteiger partial charge in [-0.1, -0.05) is 23.9 Å². The number of carboxylic acid groups (broad SMARTS) is 1. The van der Waals surface area contributed by atoms with Crippen LogP contribution in [0.25, 0.3) is 0 Å². The molecule has 0 radical (unpaired) electrons. The molecule has 1 aromatic carbocycles. The van der Waals surface area contributed by atoms with Crippen molar-refractivity contribution >= 4 is 22.9 Å². The zero-order valence-electron chi connectivity index (χ0n) is 14.2. The van der Waals surface area contributed by atoms with Gasteiger partial charge in [0, 0.05) is 18.8 Å². The molecule has 1 aromatic rings. The number of carbonyl (C=O) groups is 1. The molecule has 27 heavy (non-hydrogen) atoms. The van der Waals surface area contributed by atoms with E-state index < -0.39 is 36.7 Å². The number of hydrogen-bond acceptors (Lipinski definition) is 9. The predicted octanol–water partition coefficient (Wildman–Crippen LogP) is -0.583. The molecule has 3 heterocycles. The van der Waals surface area contributed by atoms with Gasteiger partial charge in [-0.25, -0.2) is 4.79 Å². The highest BCUT2D eigenvalue weighted by Gasteiger charge is 2.48. The third-order valence-electron chi connectivity index (χ3n) is 4.85. The van der Waals surface area contributed by atoms with Crippen molar-refractivity contribution in [3.8, 4) is 5.75 Å². The van der Waals surface area contributed by atoms with Crippen LogP contribution >= 0.6 is 11.8 Å². The predicted molar refractivity (Wildman–Crippen MR) is 95.6 cm³/mol. The smallest absolute Gasteiger partial charge is 0.335 e. The molecule has 146 valence electrons. The summed E-state index contributed by atoms with van der Waals surface area (Å²) in [5, 5.41) is 39.7. The number of aliphatic hydroxyl groups excluding tert-OH is 3. The van der Waals surface area contributed by atoms with Crippen molar-refractivity contribution in [1.29, 1.82) is 0 Å². The van der Waals surface area contributed by atoms with Crippen LogP contribution in [0.1, 0.15) is 11.6 Å². The third kappa shape index (κ3) is 3.50. The number of amidine groups is 1. The van der Waals surface area contributed by atoms with E-state index in [0.717, 1.165) is 29.6 Å². The Morgan fingerprint density at radius 3 is 2.59 bits per heavy atom. The van der Waals surface area contributed by atoms with Gasteiger partial charge >= 0.3 is 5.97 Å². The van der Waals surface area contributed by atoms with Gasteiger partial charge in [-0.3, -0.25) is 4.99 Å². The Hall–Kier alpha value is -1.85. The number of benzene rings is 1. The van der Waals surface area contributed by atoms with Gasteiger partial charge < -0.3 is 34.8 Å². The number of thioether (sulfide) groups is 1. The van der Waals surface area contributed by atoms with Crippen LogP contribution in [0.3, 0.4) is 0 Å². The van der Waals surface area contributed by atoms with Crippen LogP contribution < -0.4 is 4.74 Å². The maximum Gasteiger partial charge on any atom is 0.335 e. The minimum Gasteiger partial charge on any atom is -0.479 e. The van der Waals surface area contributed by atoms with Crippen LogP contribution in [-0.2, 0) is 9.53 Å². The Morgan fingerprint density at radius 2 is 1.93 bits per heavy atom. The van der Waals surface area contributed by atoms with Gasteiger partial charge in [0.1, 0.15) is 24.1 Å². The zero-order chi connectivity index (χ0) is 19.1. The Bertz CT molecular complexity index is 743. The Morgan fingerprint density at radius 1 is 1.19 bits per heavy atom. The normalized spacial score (nSPS) is 35.7. The summed E-state index contributed by atoms with van der Waals surface area (Å²) >= 11 is 1.76. The lowest BCUT2D eigenvalue weighted by Gasteiger charge is -2.38. The molecule has 2 saturated heterocycles. The lowest BCUT2D eigenvalue weighted by atomic mass is 9.99. The van der Waals surface area contributed by atoms with Crippen LogP contribution in [0, 0.1) is 0 Å². The van der Waals surface area contributed by atoms with Crippen molar-refractivity contribution < 1.29 is 34.7 Å². The van der Waals surface area contributed by atoms with Crippen LogP contribution in [-0.4, -0.2) is 86.0 Å². The molecule has 0 bridgehead atoms. The molecule has 0 aromatic heterocycles. The summed E-state index contributed by atoms with van der Waals surface area (Å²) in [6.45, 7) is 1.86. The van der Waals surface area contributed by atoms with Crippen molar-refractivity contribution in [1.82, 2.24) is 4.90 Å². The average molecular weight is 396 g/mol. The van der Waals surface area contributed by atoms with E-state index in [0.29, 0.717) is 5.75 Å². The second-order valence-electron chi connectivity index (χ2n) is 6.64. The third-order valence-corrected chi connectivity index (χ3v) is 5.86. The summed E-state index contributed by atoms with van der Waals surface area (Å²) < 4.78 is 10.6. The van der Waals surface area contributed by atoms with Crippen molar-refractivity contribution in [2.75, 3.05) is 18.8 Å². The molecule has 0 unspecified atom stereocenters. The first-order valence-corrected chi connectivity index (χ1v) is 9.57. The largest absolute Gasteiger partial charge is 0.479 e. The summed E-state index contributed by atoms with van der Waals surface area (Å²) in [6, 6.07) is 7.12. The van der Waals surface area contributed by atoms with E-state index in [2.05, 4.69) is 4.90 Å². The van der Waals surface area contributed by atoms with Crippen LogP contribution in [0.2, 0.25) is 0 Å². The molecule has 6 atom stereocenters. The van der Waals surface area contributed by atoms with Gasteiger partial charge in [-0.2, -0.15) is 0 Å². The fourth-order valence-corrected chi connectivity index (χ4v) is 4.38. The minimum atomic E-state index is -1.74. The highest BCUT2D eigenvalue weighted by Crippen LogP contribution is 2.33. The van der Waals surface area contributed by atoms with E-state index in [4.69, 9.17) is 19.6 Å². The summed E-state index contributed by atoms with van der Waals surface area (Å²) in [5.41, 5.74) is 1.02. The summed E-state index contributed by atoms with van der Waals surface area (Å²) in [6.07, 6.45) is -8.12. The Balaban J connectivity index is 1.43. The molecule has 0 saturated carbocycles. The lowest BCUT2D eigenvalue weighted by molar-refractivity contribution is -0.271. The maximum absolute atomic E-state index is 11.1. The molecule has 4 N–H and O–H groups in total. The van der Waals surface area contributed by atoms with E-state index in [-0.39, 0.29) is 6.04 Å². The van der Waals surface area contributed by atoms with E-state index in [9.17, 15) is 20.1 Å². The van der Waals surface area contributed by atoms with Crippen LogP contribution in [0.15, 0.2) is 29.3 Å². The van der Waals surface area contributed by atoms with Crippen molar-refractivity contribution in [3.05, 3.63) is 29.8 Å². The van der Waals surface area contributed by atoms with E-state index >= 15 is 0 Å². The van der Waals surface area contributed by atoms with E-state index in [1.807, 2.05) is 12.1 Å². The van der Waals surface area contributed by atoms with Crippen LogP contribution in [0.5, 0.6) is 5.75 Å². The summed E-state index contributed by atoms with van der Waals surface area (Å²) in [5.74, 6) is -0.0351. The second kappa shape index (κ2) is 7.28. The molecule has 2 fully saturated rings. The number of aliphatic hydroxyl groups is 3. The first-order chi connectivity index (χ1) is 12.9. The monoisotopic (exact) mass is 396 g/mol. The molecule has 3 aliphatic heterocycles. The molecule has 10 heteroatoms. The standard InChI is InChI=1S/C17H20N2O7S/c20-11-12(21)14(15(23)24)26-16(13(11)22)25-9-3-1-8(2-4-9)10-7-19-5-6-27-17(19)18-10/h1-4,10-14,16,20-22H,5-7H2,(H,23,24)/t10-,11+,12+,13-,14+,16-/m1/s1. The number of fused-ring (bicyclic) bond motifs is 1. The van der Waals surface area contributed by atoms with Gasteiger partial charge in [0.2, 0.25) is 6.29 Å². The topological polar surface area (TPSA) is 132 Å². The number of rotatable bonds is 4. The maximum atomic E-state index is 11.1. The zero-order valence-corrected chi connectivity index (χ0v) is 15.0. The van der Waals surface area contributed by atoms with Gasteiger partial charge in [0.05, 0.1) is 6.04 Å². The highest BCUT2D eigenvalue weighted by molar-refractivity contribution is 8.14. The van der Waals surface area contributed by atoms with Crippen molar-refractivity contribution in [2.24, 2.45) is 4.99 Å². The molecule has 0 amide bonds. The van der Waals surface area contributed by atoms with E-state index in [1.54, 1.807) is 23.9 Å². The van der Waals surface area contributed by atoms with Crippen molar-refractivity contribution in [3.63, 3.8) is 0 Å². The fraction of sp³-hybridized carbons (Fsp3) is 0.529. The van der Waals surface area contributed by atoms with Gasteiger partial charge in [-0.05, 0) is 17.7 Å². The number of aliphatic imine (C=N–C) groups is 1. The van der Waals surface area contributed by atoms with E-state index in [1.165, 1.54) is 0 Å². The van der Waals surface area contributed by atoms with Gasteiger partial charge in [-0.15, -0.1) is 0 Å². The quantitative estimate of drug-likeness (QED) is 0.527. The summed E-state index contributed by atoms with van der Waals surface area (Å²) in [4.78, 5) is 18.1. The van der Waals surface area contributed by atoms with Crippen molar-refractivity contribution in [2.45, 2.75) is 36.7 Å². The number of ether oxygens (including phenoxy) is 2. The van der Waals surface area contributed by atoms with Gasteiger partial charge in [0.25, 0.3) is 0 Å². The SMILES string of the molecule is O=C(O)[C@H]1O[C@@H](Oc2ccc([C@H]3CN4CCSC4=N3)cc2)[C@H](O)[C@@H](O)[C@@H]1O. The molecule has 4 rings (SSSR count). The molecular formula is C17H20N2O7S. The molecule has 0 spiro atoms.